The molecule has 1 fully saturated rings. The molecule has 4 nitrogen and oxygen atoms in total. The van der Waals surface area contributed by atoms with Crippen LogP contribution in [0.2, 0.25) is 0 Å². The van der Waals surface area contributed by atoms with Crippen LogP contribution in [-0.2, 0) is 9.84 Å². The lowest BCUT2D eigenvalue weighted by Gasteiger charge is -2.28. The van der Waals surface area contributed by atoms with Crippen LogP contribution in [0.15, 0.2) is 24.3 Å². The summed E-state index contributed by atoms with van der Waals surface area (Å²) >= 11 is 0. The van der Waals surface area contributed by atoms with Gasteiger partial charge in [-0.25, -0.2) is 8.42 Å². The number of carbonyl (C=O) groups excluding carboxylic acids is 1. The number of rotatable bonds is 5. The lowest BCUT2D eigenvalue weighted by atomic mass is 10.1. The fraction of sp³-hybridized carbons (Fsp3) is 0.562. The minimum atomic E-state index is -2.98. The molecule has 0 aromatic heterocycles. The zero-order chi connectivity index (χ0) is 15.5. The molecule has 21 heavy (non-hydrogen) atoms. The Bertz CT molecular complexity index is 592. The van der Waals surface area contributed by atoms with Crippen molar-refractivity contribution in [1.82, 2.24) is 4.90 Å². The van der Waals surface area contributed by atoms with Gasteiger partial charge in [0.25, 0.3) is 5.91 Å². The molecule has 116 valence electrons. The summed E-state index contributed by atoms with van der Waals surface area (Å²) < 4.78 is 23.4. The summed E-state index contributed by atoms with van der Waals surface area (Å²) in [5.41, 5.74) is 1.75. The van der Waals surface area contributed by atoms with Gasteiger partial charge in [0.15, 0.2) is 9.84 Å². The first-order chi connectivity index (χ1) is 9.93. The molecule has 0 bridgehead atoms. The molecule has 1 heterocycles. The Morgan fingerprint density at radius 3 is 2.48 bits per heavy atom. The zero-order valence-corrected chi connectivity index (χ0v) is 13.5. The second-order valence-electron chi connectivity index (χ2n) is 5.77. The third-order valence-electron chi connectivity index (χ3n) is 3.96. The van der Waals surface area contributed by atoms with Crippen molar-refractivity contribution in [3.05, 3.63) is 35.4 Å². The maximum absolute atomic E-state index is 12.7. The van der Waals surface area contributed by atoms with Gasteiger partial charge in [0.05, 0.1) is 11.5 Å². The Morgan fingerprint density at radius 1 is 1.29 bits per heavy atom. The molecule has 2 rings (SSSR count). The first-order valence-electron chi connectivity index (χ1n) is 7.51. The summed E-state index contributed by atoms with van der Waals surface area (Å²) in [4.78, 5) is 14.5. The van der Waals surface area contributed by atoms with Crippen LogP contribution in [0.5, 0.6) is 0 Å². The molecular formula is C16H23NO3S. The quantitative estimate of drug-likeness (QED) is 0.839. The summed E-state index contributed by atoms with van der Waals surface area (Å²) in [6.45, 7) is 4.68. The fourth-order valence-electron chi connectivity index (χ4n) is 2.66. The third-order valence-corrected chi connectivity index (χ3v) is 5.71. The Balaban J connectivity index is 2.19. The molecule has 0 radical (unpaired) electrons. The van der Waals surface area contributed by atoms with E-state index in [0.717, 1.165) is 18.4 Å². The van der Waals surface area contributed by atoms with Crippen LogP contribution in [0.25, 0.3) is 0 Å². The SMILES string of the molecule is CCCCN(C(=O)c1ccc(C)cc1)C1CCS(=O)(=O)C1. The van der Waals surface area contributed by atoms with E-state index in [1.807, 2.05) is 31.2 Å². The maximum atomic E-state index is 12.7. The highest BCUT2D eigenvalue weighted by Crippen LogP contribution is 2.21. The van der Waals surface area contributed by atoms with Crippen molar-refractivity contribution >= 4 is 15.7 Å². The van der Waals surface area contributed by atoms with Crippen LogP contribution in [0, 0.1) is 6.92 Å². The van der Waals surface area contributed by atoms with Crippen LogP contribution in [0.3, 0.4) is 0 Å². The Hall–Kier alpha value is -1.36. The van der Waals surface area contributed by atoms with Crippen molar-refractivity contribution in [3.8, 4) is 0 Å². The monoisotopic (exact) mass is 309 g/mol. The van der Waals surface area contributed by atoms with Crippen molar-refractivity contribution in [3.63, 3.8) is 0 Å². The zero-order valence-electron chi connectivity index (χ0n) is 12.7. The highest BCUT2D eigenvalue weighted by Gasteiger charge is 2.34. The van der Waals surface area contributed by atoms with E-state index >= 15 is 0 Å². The van der Waals surface area contributed by atoms with Gasteiger partial charge in [-0.2, -0.15) is 0 Å². The van der Waals surface area contributed by atoms with Gasteiger partial charge >= 0.3 is 0 Å². The number of amides is 1. The number of unbranched alkanes of at least 4 members (excludes halogenated alkanes) is 1. The third kappa shape index (κ3) is 4.06. The van der Waals surface area contributed by atoms with Gasteiger partial charge in [-0.05, 0) is 31.9 Å². The van der Waals surface area contributed by atoms with Crippen LogP contribution in [0.4, 0.5) is 0 Å². The summed E-state index contributed by atoms with van der Waals surface area (Å²) in [5.74, 6) is 0.251. The molecule has 1 unspecified atom stereocenters. The topological polar surface area (TPSA) is 54.5 Å². The number of hydrogen-bond donors (Lipinski definition) is 0. The van der Waals surface area contributed by atoms with Crippen LogP contribution < -0.4 is 0 Å². The van der Waals surface area contributed by atoms with E-state index in [2.05, 4.69) is 6.92 Å². The molecule has 1 aliphatic rings. The van der Waals surface area contributed by atoms with Crippen LogP contribution >= 0.6 is 0 Å². The van der Waals surface area contributed by atoms with E-state index in [1.165, 1.54) is 0 Å². The van der Waals surface area contributed by atoms with Crippen molar-refractivity contribution in [2.24, 2.45) is 0 Å². The molecule has 0 saturated carbocycles. The molecule has 1 aromatic carbocycles. The minimum Gasteiger partial charge on any atom is -0.335 e. The standard InChI is InChI=1S/C16H23NO3S/c1-3-4-10-17(15-9-11-21(19,20)12-15)16(18)14-7-5-13(2)6-8-14/h5-8,15H,3-4,9-12H2,1-2H3. The van der Waals surface area contributed by atoms with Gasteiger partial charge in [-0.3, -0.25) is 4.79 Å². The van der Waals surface area contributed by atoms with Crippen molar-refractivity contribution < 1.29 is 13.2 Å². The summed E-state index contributed by atoms with van der Waals surface area (Å²) in [6, 6.07) is 7.29. The van der Waals surface area contributed by atoms with Gasteiger partial charge in [0.2, 0.25) is 0 Å². The summed E-state index contributed by atoms with van der Waals surface area (Å²) in [6.07, 6.45) is 2.44. The smallest absolute Gasteiger partial charge is 0.254 e. The van der Waals surface area contributed by atoms with E-state index in [-0.39, 0.29) is 23.5 Å². The number of hydrogen-bond acceptors (Lipinski definition) is 3. The van der Waals surface area contributed by atoms with E-state index in [4.69, 9.17) is 0 Å². The Kier molecular flexibility index (Phi) is 5.04. The molecule has 5 heteroatoms. The van der Waals surface area contributed by atoms with E-state index in [9.17, 15) is 13.2 Å². The van der Waals surface area contributed by atoms with Gasteiger partial charge < -0.3 is 4.90 Å². The van der Waals surface area contributed by atoms with Crippen molar-refractivity contribution in [2.45, 2.75) is 39.2 Å². The molecular weight excluding hydrogens is 286 g/mol. The van der Waals surface area contributed by atoms with Crippen LogP contribution in [0.1, 0.15) is 42.1 Å². The Morgan fingerprint density at radius 2 is 1.95 bits per heavy atom. The minimum absolute atomic E-state index is 0.0504. The normalized spacial score (nSPS) is 20.4. The van der Waals surface area contributed by atoms with Crippen molar-refractivity contribution in [2.75, 3.05) is 18.1 Å². The largest absolute Gasteiger partial charge is 0.335 e. The molecule has 1 aliphatic heterocycles. The molecule has 1 amide bonds. The van der Waals surface area contributed by atoms with Gasteiger partial charge in [0.1, 0.15) is 0 Å². The predicted molar refractivity (Wildman–Crippen MR) is 84.2 cm³/mol. The molecule has 1 aromatic rings. The van der Waals surface area contributed by atoms with Crippen molar-refractivity contribution in [1.29, 1.82) is 0 Å². The second-order valence-corrected chi connectivity index (χ2v) is 8.00. The first kappa shape index (κ1) is 16.0. The van der Waals surface area contributed by atoms with Crippen LogP contribution in [-0.4, -0.2) is 43.3 Å². The number of aryl methyl sites for hydroxylation is 1. The van der Waals surface area contributed by atoms with Gasteiger partial charge in [-0.15, -0.1) is 0 Å². The van der Waals surface area contributed by atoms with E-state index in [0.29, 0.717) is 18.5 Å². The molecule has 0 spiro atoms. The van der Waals surface area contributed by atoms with E-state index in [1.54, 1.807) is 4.90 Å². The highest BCUT2D eigenvalue weighted by atomic mass is 32.2. The van der Waals surface area contributed by atoms with Gasteiger partial charge in [0, 0.05) is 18.2 Å². The lowest BCUT2D eigenvalue weighted by Crippen LogP contribution is -2.41. The Labute approximate surface area is 127 Å². The summed E-state index contributed by atoms with van der Waals surface area (Å²) in [7, 11) is -2.98. The lowest BCUT2D eigenvalue weighted by molar-refractivity contribution is 0.0694. The first-order valence-corrected chi connectivity index (χ1v) is 9.33. The molecule has 0 N–H and O–H groups in total. The number of benzene rings is 1. The predicted octanol–water partition coefficient (Wildman–Crippen LogP) is 2.42. The fourth-order valence-corrected chi connectivity index (χ4v) is 4.39. The second kappa shape index (κ2) is 6.60. The number of sulfone groups is 1. The highest BCUT2D eigenvalue weighted by molar-refractivity contribution is 7.91. The average Bonchev–Trinajstić information content (AvgIpc) is 2.80. The molecule has 1 saturated heterocycles. The number of carbonyl (C=O) groups is 1. The van der Waals surface area contributed by atoms with E-state index < -0.39 is 9.84 Å². The van der Waals surface area contributed by atoms with Gasteiger partial charge in [-0.1, -0.05) is 31.0 Å². The number of nitrogens with zero attached hydrogens (tertiary/aromatic N) is 1. The maximum Gasteiger partial charge on any atom is 0.254 e. The average molecular weight is 309 g/mol. The molecule has 0 aliphatic carbocycles. The summed E-state index contributed by atoms with van der Waals surface area (Å²) in [5, 5.41) is 0. The molecule has 1 atom stereocenters.